The molecule has 1 amide bonds. The lowest BCUT2D eigenvalue weighted by Crippen LogP contribution is -2.25. The zero-order chi connectivity index (χ0) is 20.8. The van der Waals surface area contributed by atoms with Gasteiger partial charge in [0.15, 0.2) is 0 Å². The maximum atomic E-state index is 12.4. The van der Waals surface area contributed by atoms with Crippen LogP contribution in [0, 0.1) is 6.92 Å². The number of carbonyl (C=O) groups is 1. The summed E-state index contributed by atoms with van der Waals surface area (Å²) in [5.41, 5.74) is 2.22. The maximum absolute atomic E-state index is 12.4. The molecule has 0 aliphatic carbocycles. The molecule has 152 valence electrons. The first kappa shape index (κ1) is 21.7. The number of hydrogen-bond donors (Lipinski definition) is 1. The van der Waals surface area contributed by atoms with Gasteiger partial charge in [-0.2, -0.15) is 5.10 Å². The van der Waals surface area contributed by atoms with E-state index in [4.69, 9.17) is 27.9 Å². The van der Waals surface area contributed by atoms with Gasteiger partial charge in [0.05, 0.1) is 5.69 Å². The topological polar surface area (TPSA) is 56.2 Å². The van der Waals surface area contributed by atoms with Crippen LogP contribution >= 0.6 is 39.1 Å². The predicted molar refractivity (Wildman–Crippen MR) is 119 cm³/mol. The molecule has 0 unspecified atom stereocenters. The van der Waals surface area contributed by atoms with Crippen LogP contribution in [0.15, 0.2) is 53.0 Å². The van der Waals surface area contributed by atoms with E-state index in [-0.39, 0.29) is 5.91 Å². The number of carbonyl (C=O) groups excluding carboxylic acids is 1. The summed E-state index contributed by atoms with van der Waals surface area (Å²) in [7, 11) is 0. The monoisotopic (exact) mass is 495 g/mol. The van der Waals surface area contributed by atoms with Crippen molar-refractivity contribution in [3.8, 4) is 5.75 Å². The number of nitrogens with zero attached hydrogens (tertiary/aromatic N) is 2. The molecule has 8 heteroatoms. The molecular weight excluding hydrogens is 477 g/mol. The van der Waals surface area contributed by atoms with Crippen molar-refractivity contribution in [1.82, 2.24) is 15.1 Å². The minimum Gasteiger partial charge on any atom is -0.489 e. The van der Waals surface area contributed by atoms with Crippen molar-refractivity contribution < 1.29 is 9.53 Å². The molecule has 0 saturated heterocycles. The lowest BCUT2D eigenvalue weighted by atomic mass is 10.1. The van der Waals surface area contributed by atoms with E-state index in [0.717, 1.165) is 15.8 Å². The molecule has 1 heterocycles. The third-order valence-electron chi connectivity index (χ3n) is 4.24. The van der Waals surface area contributed by atoms with E-state index in [9.17, 15) is 4.79 Å². The SMILES string of the molecule is Cc1nn(CCCNC(=O)c2cccc(COc3ccc(Br)cc3)c2)c(Cl)c1Cl. The van der Waals surface area contributed by atoms with Crippen molar-refractivity contribution in [3.05, 3.63) is 80.0 Å². The van der Waals surface area contributed by atoms with Gasteiger partial charge in [0.1, 0.15) is 22.5 Å². The number of aryl methyl sites for hydroxylation is 2. The van der Waals surface area contributed by atoms with Crippen LogP contribution in [-0.2, 0) is 13.2 Å². The van der Waals surface area contributed by atoms with Gasteiger partial charge in [0.2, 0.25) is 0 Å². The van der Waals surface area contributed by atoms with Crippen LogP contribution in [0.25, 0.3) is 0 Å². The van der Waals surface area contributed by atoms with E-state index >= 15 is 0 Å². The molecule has 2 aromatic carbocycles. The van der Waals surface area contributed by atoms with Gasteiger partial charge in [0.25, 0.3) is 5.91 Å². The Morgan fingerprint density at radius 2 is 1.97 bits per heavy atom. The van der Waals surface area contributed by atoms with E-state index in [2.05, 4.69) is 26.3 Å². The van der Waals surface area contributed by atoms with E-state index < -0.39 is 0 Å². The number of nitrogens with one attached hydrogen (secondary N) is 1. The smallest absolute Gasteiger partial charge is 0.251 e. The molecular formula is C21H20BrCl2N3O2. The predicted octanol–water partition coefficient (Wildman–Crippen LogP) is 5.66. The number of amides is 1. The number of rotatable bonds is 8. The zero-order valence-electron chi connectivity index (χ0n) is 15.8. The molecule has 29 heavy (non-hydrogen) atoms. The van der Waals surface area contributed by atoms with Crippen LogP contribution in [0.1, 0.15) is 28.0 Å². The normalized spacial score (nSPS) is 10.8. The molecule has 0 atom stereocenters. The van der Waals surface area contributed by atoms with Crippen molar-refractivity contribution in [2.24, 2.45) is 0 Å². The summed E-state index contributed by atoms with van der Waals surface area (Å²) in [6.07, 6.45) is 0.690. The van der Waals surface area contributed by atoms with E-state index in [1.54, 1.807) is 17.7 Å². The molecule has 1 aromatic heterocycles. The highest BCUT2D eigenvalue weighted by Gasteiger charge is 2.11. The molecule has 0 fully saturated rings. The Balaban J connectivity index is 1.48. The standard InChI is InChI=1S/C21H20BrCl2N3O2/c1-14-19(23)20(24)27(26-14)11-3-10-25-21(28)16-5-2-4-15(12-16)13-29-18-8-6-17(22)7-9-18/h2,4-9,12H,3,10-11,13H2,1H3,(H,25,28). The third kappa shape index (κ3) is 5.98. The number of aromatic nitrogens is 2. The van der Waals surface area contributed by atoms with Gasteiger partial charge in [-0.15, -0.1) is 0 Å². The summed E-state index contributed by atoms with van der Waals surface area (Å²) in [4.78, 5) is 12.4. The van der Waals surface area contributed by atoms with Gasteiger partial charge in [-0.1, -0.05) is 51.3 Å². The largest absolute Gasteiger partial charge is 0.489 e. The van der Waals surface area contributed by atoms with Crippen molar-refractivity contribution >= 4 is 45.0 Å². The van der Waals surface area contributed by atoms with Gasteiger partial charge in [0, 0.05) is 23.1 Å². The number of benzene rings is 2. The second kappa shape index (κ2) is 10.1. The quantitative estimate of drug-likeness (QED) is 0.409. The van der Waals surface area contributed by atoms with Crippen molar-refractivity contribution in [2.75, 3.05) is 6.54 Å². The Kier molecular flexibility index (Phi) is 7.58. The summed E-state index contributed by atoms with van der Waals surface area (Å²) in [6.45, 7) is 3.28. The average molecular weight is 497 g/mol. The second-order valence-corrected chi connectivity index (χ2v) is 8.12. The zero-order valence-corrected chi connectivity index (χ0v) is 18.9. The summed E-state index contributed by atoms with van der Waals surface area (Å²) < 4.78 is 8.41. The van der Waals surface area contributed by atoms with Crippen molar-refractivity contribution in [2.45, 2.75) is 26.5 Å². The molecule has 0 spiro atoms. The van der Waals surface area contributed by atoms with Crippen molar-refractivity contribution in [3.63, 3.8) is 0 Å². The lowest BCUT2D eigenvalue weighted by molar-refractivity contribution is 0.0952. The molecule has 1 N–H and O–H groups in total. The highest BCUT2D eigenvalue weighted by atomic mass is 79.9. The van der Waals surface area contributed by atoms with Gasteiger partial charge >= 0.3 is 0 Å². The summed E-state index contributed by atoms with van der Waals surface area (Å²) in [5, 5.41) is 8.08. The van der Waals surface area contributed by atoms with E-state index in [1.807, 2.05) is 42.5 Å². The minimum atomic E-state index is -0.128. The Bertz CT molecular complexity index is 990. The Morgan fingerprint density at radius 1 is 1.21 bits per heavy atom. The first-order chi connectivity index (χ1) is 13.9. The summed E-state index contributed by atoms with van der Waals surface area (Å²) >= 11 is 15.5. The highest BCUT2D eigenvalue weighted by Crippen LogP contribution is 2.25. The highest BCUT2D eigenvalue weighted by molar-refractivity contribution is 9.10. The van der Waals surface area contributed by atoms with Crippen LogP contribution in [0.2, 0.25) is 10.2 Å². The van der Waals surface area contributed by atoms with Crippen LogP contribution in [0.4, 0.5) is 0 Å². The second-order valence-electron chi connectivity index (χ2n) is 6.47. The summed E-state index contributed by atoms with van der Waals surface area (Å²) in [6, 6.07) is 15.0. The molecule has 3 rings (SSSR count). The van der Waals surface area contributed by atoms with Crippen LogP contribution < -0.4 is 10.1 Å². The fraction of sp³-hybridized carbons (Fsp3) is 0.238. The average Bonchev–Trinajstić information content (AvgIpc) is 2.97. The van der Waals surface area contributed by atoms with Crippen LogP contribution in [0.3, 0.4) is 0 Å². The van der Waals surface area contributed by atoms with Gasteiger partial charge in [-0.25, -0.2) is 0 Å². The lowest BCUT2D eigenvalue weighted by Gasteiger charge is -2.09. The number of halogens is 3. The molecule has 0 aliphatic heterocycles. The third-order valence-corrected chi connectivity index (χ3v) is 5.70. The van der Waals surface area contributed by atoms with Crippen molar-refractivity contribution in [1.29, 1.82) is 0 Å². The Labute approximate surface area is 188 Å². The van der Waals surface area contributed by atoms with Crippen LogP contribution in [0.5, 0.6) is 5.75 Å². The maximum Gasteiger partial charge on any atom is 0.251 e. The van der Waals surface area contributed by atoms with Gasteiger partial charge in [-0.05, 0) is 55.3 Å². The summed E-state index contributed by atoms with van der Waals surface area (Å²) in [5.74, 6) is 0.645. The molecule has 3 aromatic rings. The molecule has 0 saturated carbocycles. The fourth-order valence-corrected chi connectivity index (χ4v) is 3.37. The Morgan fingerprint density at radius 3 is 2.66 bits per heavy atom. The van der Waals surface area contributed by atoms with Crippen LogP contribution in [-0.4, -0.2) is 22.2 Å². The molecule has 0 bridgehead atoms. The first-order valence-corrected chi connectivity index (χ1v) is 10.6. The Hall–Kier alpha value is -2.02. The first-order valence-electron chi connectivity index (χ1n) is 9.08. The van der Waals surface area contributed by atoms with E-state index in [0.29, 0.717) is 47.6 Å². The molecule has 5 nitrogen and oxygen atoms in total. The number of ether oxygens (including phenoxy) is 1. The van der Waals surface area contributed by atoms with Gasteiger partial charge in [-0.3, -0.25) is 9.48 Å². The van der Waals surface area contributed by atoms with E-state index in [1.165, 1.54) is 0 Å². The molecule has 0 radical (unpaired) electrons. The fourth-order valence-electron chi connectivity index (χ4n) is 2.71. The number of hydrogen-bond acceptors (Lipinski definition) is 3. The molecule has 0 aliphatic rings. The van der Waals surface area contributed by atoms with Gasteiger partial charge < -0.3 is 10.1 Å². The minimum absolute atomic E-state index is 0.128.